The number of aromatic nitrogens is 1. The van der Waals surface area contributed by atoms with Crippen LogP contribution < -0.4 is 21.7 Å². The smallest absolute Gasteiger partial charge is 0.326 e. The summed E-state index contributed by atoms with van der Waals surface area (Å²) in [6, 6.07) is 3.70. The first-order valence-electron chi connectivity index (χ1n) is 10.7. The Labute approximate surface area is 205 Å². The molecule has 13 heteroatoms. The van der Waals surface area contributed by atoms with Gasteiger partial charge in [0.2, 0.25) is 17.7 Å². The Morgan fingerprint density at radius 2 is 1.77 bits per heavy atom. The van der Waals surface area contributed by atoms with Gasteiger partial charge in [-0.05, 0) is 30.1 Å². The number of hydrogen-bond acceptors (Lipinski definition) is 7. The summed E-state index contributed by atoms with van der Waals surface area (Å²) in [6.07, 6.45) is 3.13. The van der Waals surface area contributed by atoms with Crippen LogP contribution in [0.1, 0.15) is 18.4 Å². The fourth-order valence-corrected chi connectivity index (χ4v) is 3.79. The van der Waals surface area contributed by atoms with Crippen molar-refractivity contribution in [1.82, 2.24) is 20.9 Å². The minimum Gasteiger partial charge on any atom is -0.481 e. The van der Waals surface area contributed by atoms with Crippen molar-refractivity contribution in [3.63, 3.8) is 0 Å². The molecule has 0 spiro atoms. The van der Waals surface area contributed by atoms with Crippen molar-refractivity contribution in [2.75, 3.05) is 18.6 Å². The van der Waals surface area contributed by atoms with Gasteiger partial charge in [0.05, 0.1) is 19.0 Å². The monoisotopic (exact) mass is 507 g/mol. The number of H-pyrrole nitrogens is 1. The van der Waals surface area contributed by atoms with E-state index in [-0.39, 0.29) is 12.8 Å². The first kappa shape index (κ1) is 27.7. The summed E-state index contributed by atoms with van der Waals surface area (Å²) in [5.41, 5.74) is 7.15. The van der Waals surface area contributed by atoms with Gasteiger partial charge >= 0.3 is 11.9 Å². The molecule has 8 N–H and O–H groups in total. The average Bonchev–Trinajstić information content (AvgIpc) is 3.21. The highest BCUT2D eigenvalue weighted by molar-refractivity contribution is 7.98. The lowest BCUT2D eigenvalue weighted by molar-refractivity contribution is -0.141. The number of nitrogens with one attached hydrogen (secondary N) is 4. The maximum Gasteiger partial charge on any atom is 0.326 e. The van der Waals surface area contributed by atoms with E-state index in [1.807, 2.05) is 30.5 Å². The maximum absolute atomic E-state index is 12.9. The molecule has 0 saturated carbocycles. The van der Waals surface area contributed by atoms with Crippen LogP contribution in [-0.4, -0.2) is 81.5 Å². The van der Waals surface area contributed by atoms with Gasteiger partial charge in [-0.3, -0.25) is 19.2 Å². The summed E-state index contributed by atoms with van der Waals surface area (Å²) >= 11 is 1.44. The highest BCUT2D eigenvalue weighted by atomic mass is 32.2. The standard InChI is InChI=1S/C22H29N5O7S/c1-35-7-6-16(22(33)34)26-18(28)11-25-21(32)17(27-20(31)14(23)9-19(29)30)8-12-10-24-15-5-3-2-4-13(12)15/h2-5,10,14,16-17,24H,6-9,11,23H2,1H3,(H,25,32)(H,26,28)(H,27,31)(H,29,30)(H,33,34). The molecule has 35 heavy (non-hydrogen) atoms. The second-order valence-electron chi connectivity index (χ2n) is 7.79. The molecule has 1 aromatic heterocycles. The number of para-hydroxylation sites is 1. The number of carbonyl (C=O) groups is 5. The number of aliphatic carboxylic acids is 2. The molecular weight excluding hydrogens is 478 g/mol. The molecule has 0 bridgehead atoms. The molecule has 0 aliphatic carbocycles. The lowest BCUT2D eigenvalue weighted by atomic mass is 10.0. The second kappa shape index (κ2) is 13.3. The number of rotatable bonds is 14. The van der Waals surface area contributed by atoms with E-state index in [0.29, 0.717) is 11.3 Å². The molecule has 2 aromatic rings. The summed E-state index contributed by atoms with van der Waals surface area (Å²) in [7, 11) is 0. The summed E-state index contributed by atoms with van der Waals surface area (Å²) in [4.78, 5) is 62.8. The van der Waals surface area contributed by atoms with Crippen molar-refractivity contribution in [3.05, 3.63) is 36.0 Å². The van der Waals surface area contributed by atoms with Gasteiger partial charge in [-0.1, -0.05) is 18.2 Å². The fraction of sp³-hybridized carbons (Fsp3) is 0.409. The first-order valence-corrected chi connectivity index (χ1v) is 12.1. The van der Waals surface area contributed by atoms with E-state index in [1.54, 1.807) is 6.20 Å². The zero-order chi connectivity index (χ0) is 26.0. The van der Waals surface area contributed by atoms with Gasteiger partial charge in [-0.25, -0.2) is 4.79 Å². The van der Waals surface area contributed by atoms with Crippen molar-refractivity contribution in [1.29, 1.82) is 0 Å². The summed E-state index contributed by atoms with van der Waals surface area (Å²) in [6.45, 7) is -0.511. The Hall–Kier alpha value is -3.58. The average molecular weight is 508 g/mol. The summed E-state index contributed by atoms with van der Waals surface area (Å²) in [5.74, 6) is -4.17. The van der Waals surface area contributed by atoms with Crippen molar-refractivity contribution >= 4 is 52.3 Å². The molecule has 3 unspecified atom stereocenters. The second-order valence-corrected chi connectivity index (χ2v) is 8.77. The quantitative estimate of drug-likeness (QED) is 0.175. The number of carbonyl (C=O) groups excluding carboxylic acids is 3. The normalized spacial score (nSPS) is 13.4. The minimum absolute atomic E-state index is 0.0362. The van der Waals surface area contributed by atoms with Crippen LogP contribution in [0.2, 0.25) is 0 Å². The van der Waals surface area contributed by atoms with E-state index < -0.39 is 60.8 Å². The third kappa shape index (κ3) is 8.61. The number of carboxylic acid groups (broad SMARTS) is 2. The van der Waals surface area contributed by atoms with Gasteiger partial charge in [0, 0.05) is 23.5 Å². The van der Waals surface area contributed by atoms with Crippen LogP contribution in [0, 0.1) is 0 Å². The van der Waals surface area contributed by atoms with Gasteiger partial charge in [0.25, 0.3) is 0 Å². The Morgan fingerprint density at radius 3 is 2.43 bits per heavy atom. The fourth-order valence-electron chi connectivity index (χ4n) is 3.32. The number of amides is 3. The predicted octanol–water partition coefficient (Wildman–Crippen LogP) is -0.564. The van der Waals surface area contributed by atoms with E-state index in [9.17, 15) is 29.1 Å². The minimum atomic E-state index is -1.37. The Morgan fingerprint density at radius 1 is 1.06 bits per heavy atom. The van der Waals surface area contributed by atoms with Crippen molar-refractivity contribution in [2.24, 2.45) is 5.73 Å². The molecule has 190 valence electrons. The van der Waals surface area contributed by atoms with Crippen molar-refractivity contribution in [3.8, 4) is 0 Å². The highest BCUT2D eigenvalue weighted by Crippen LogP contribution is 2.19. The summed E-state index contributed by atoms with van der Waals surface area (Å²) < 4.78 is 0. The Kier molecular flexibility index (Phi) is 10.5. The lowest BCUT2D eigenvalue weighted by Gasteiger charge is -2.20. The van der Waals surface area contributed by atoms with E-state index in [1.165, 1.54) is 11.8 Å². The lowest BCUT2D eigenvalue weighted by Crippen LogP contribution is -2.54. The third-order valence-corrected chi connectivity index (χ3v) is 5.77. The maximum atomic E-state index is 12.9. The number of aromatic amines is 1. The molecule has 0 aliphatic heterocycles. The van der Waals surface area contributed by atoms with Crippen LogP contribution in [-0.2, 0) is 30.4 Å². The van der Waals surface area contributed by atoms with Crippen molar-refractivity contribution in [2.45, 2.75) is 37.4 Å². The van der Waals surface area contributed by atoms with Gasteiger partial charge in [0.15, 0.2) is 0 Å². The molecule has 3 amide bonds. The molecule has 0 aliphatic rings. The number of thioether (sulfide) groups is 1. The van der Waals surface area contributed by atoms with Crippen LogP contribution in [0.5, 0.6) is 0 Å². The van der Waals surface area contributed by atoms with Crippen LogP contribution in [0.3, 0.4) is 0 Å². The third-order valence-electron chi connectivity index (χ3n) is 5.13. The predicted molar refractivity (Wildman–Crippen MR) is 130 cm³/mol. The highest BCUT2D eigenvalue weighted by Gasteiger charge is 2.27. The van der Waals surface area contributed by atoms with E-state index in [2.05, 4.69) is 20.9 Å². The number of fused-ring (bicyclic) bond motifs is 1. The largest absolute Gasteiger partial charge is 0.481 e. The van der Waals surface area contributed by atoms with E-state index >= 15 is 0 Å². The molecule has 0 fully saturated rings. The number of nitrogens with two attached hydrogens (primary N) is 1. The number of hydrogen-bond donors (Lipinski definition) is 7. The summed E-state index contributed by atoms with van der Waals surface area (Å²) in [5, 5.41) is 26.2. The Balaban J connectivity index is 2.10. The zero-order valence-electron chi connectivity index (χ0n) is 19.1. The number of benzene rings is 1. The molecule has 2 rings (SSSR count). The number of carboxylic acids is 2. The molecule has 0 saturated heterocycles. The molecule has 1 aromatic carbocycles. The SMILES string of the molecule is CSCCC(NC(=O)CNC(=O)C(Cc1c[nH]c2ccccc12)NC(=O)C(N)CC(=O)O)C(=O)O. The molecule has 3 atom stereocenters. The van der Waals surface area contributed by atoms with Gasteiger partial charge in [-0.2, -0.15) is 11.8 Å². The molecular formula is C22H29N5O7S. The van der Waals surface area contributed by atoms with Crippen LogP contribution in [0.25, 0.3) is 10.9 Å². The van der Waals surface area contributed by atoms with E-state index in [0.717, 1.165) is 10.9 Å². The van der Waals surface area contributed by atoms with Crippen LogP contribution in [0.4, 0.5) is 0 Å². The molecule has 12 nitrogen and oxygen atoms in total. The van der Waals surface area contributed by atoms with E-state index in [4.69, 9.17) is 10.8 Å². The Bertz CT molecular complexity index is 1070. The van der Waals surface area contributed by atoms with Gasteiger partial charge in [0.1, 0.15) is 12.1 Å². The molecule has 1 heterocycles. The van der Waals surface area contributed by atoms with Gasteiger partial charge < -0.3 is 36.9 Å². The topological polar surface area (TPSA) is 204 Å². The van der Waals surface area contributed by atoms with Gasteiger partial charge in [-0.15, -0.1) is 0 Å². The van der Waals surface area contributed by atoms with Crippen LogP contribution >= 0.6 is 11.8 Å². The zero-order valence-corrected chi connectivity index (χ0v) is 19.9. The molecule has 0 radical (unpaired) electrons. The van der Waals surface area contributed by atoms with Crippen LogP contribution in [0.15, 0.2) is 30.5 Å². The van der Waals surface area contributed by atoms with Crippen molar-refractivity contribution < 1.29 is 34.2 Å². The first-order chi connectivity index (χ1) is 16.6.